The zero-order chi connectivity index (χ0) is 11.4. The number of methoxy groups -OCH3 is 1. The summed E-state index contributed by atoms with van der Waals surface area (Å²) >= 11 is 0. The number of hydrogen-bond donors (Lipinski definition) is 2. The summed E-state index contributed by atoms with van der Waals surface area (Å²) < 4.78 is 5.22. The van der Waals surface area contributed by atoms with E-state index in [1.54, 1.807) is 7.11 Å². The molecule has 1 aromatic rings. The van der Waals surface area contributed by atoms with E-state index in [4.69, 9.17) is 10.6 Å². The highest BCUT2D eigenvalue weighted by Gasteiger charge is 2.11. The molecule has 1 aromatic carbocycles. The van der Waals surface area contributed by atoms with Crippen LogP contribution in [0.15, 0.2) is 6.07 Å². The Bertz CT molecular complexity index is 350. The van der Waals surface area contributed by atoms with Crippen molar-refractivity contribution in [3.63, 3.8) is 0 Å². The average Bonchev–Trinajstić information content (AvgIpc) is 2.25. The average molecular weight is 211 g/mol. The summed E-state index contributed by atoms with van der Waals surface area (Å²) in [5.74, 6) is 6.02. The van der Waals surface area contributed by atoms with Crippen LogP contribution in [0, 0.1) is 13.8 Å². The van der Waals surface area contributed by atoms with Gasteiger partial charge in [0.15, 0.2) is 0 Å². The Kier molecular flexibility index (Phi) is 3.94. The van der Waals surface area contributed by atoms with Crippen molar-refractivity contribution in [1.29, 1.82) is 0 Å². The molecule has 1 rings (SSSR count). The molecule has 0 atom stereocenters. The van der Waals surface area contributed by atoms with Crippen LogP contribution < -0.4 is 10.6 Å². The third-order valence-corrected chi connectivity index (χ3v) is 2.61. The van der Waals surface area contributed by atoms with Gasteiger partial charge in [0.05, 0.1) is 13.7 Å². The van der Waals surface area contributed by atoms with Crippen molar-refractivity contribution in [3.05, 3.63) is 22.8 Å². The Morgan fingerprint density at radius 1 is 1.33 bits per heavy atom. The SMILES string of the molecule is COc1cc(CCON)c(O)c(C)c1C. The van der Waals surface area contributed by atoms with Crippen molar-refractivity contribution in [2.75, 3.05) is 13.7 Å². The van der Waals surface area contributed by atoms with E-state index in [1.807, 2.05) is 19.9 Å². The lowest BCUT2D eigenvalue weighted by atomic mass is 10.0. The molecule has 0 aromatic heterocycles. The number of phenols is 1. The first-order valence-electron chi connectivity index (χ1n) is 4.79. The largest absolute Gasteiger partial charge is 0.507 e. The summed E-state index contributed by atoms with van der Waals surface area (Å²) in [6, 6.07) is 1.82. The fourth-order valence-electron chi connectivity index (χ4n) is 1.51. The number of nitrogens with two attached hydrogens (primary N) is 1. The number of phenolic OH excluding ortho intramolecular Hbond substituents is 1. The molecule has 0 heterocycles. The molecular weight excluding hydrogens is 194 g/mol. The van der Waals surface area contributed by atoms with E-state index in [1.165, 1.54) is 0 Å². The first-order chi connectivity index (χ1) is 7.11. The molecule has 0 fully saturated rings. The molecule has 0 unspecified atom stereocenters. The van der Waals surface area contributed by atoms with Crippen LogP contribution >= 0.6 is 0 Å². The summed E-state index contributed by atoms with van der Waals surface area (Å²) in [6.07, 6.45) is 0.569. The van der Waals surface area contributed by atoms with Crippen LogP contribution in [0.4, 0.5) is 0 Å². The van der Waals surface area contributed by atoms with Gasteiger partial charge in [-0.2, -0.15) is 0 Å². The van der Waals surface area contributed by atoms with Gasteiger partial charge in [-0.05, 0) is 31.0 Å². The van der Waals surface area contributed by atoms with Gasteiger partial charge in [-0.1, -0.05) is 0 Å². The molecule has 0 radical (unpaired) electrons. The molecule has 0 aliphatic rings. The summed E-state index contributed by atoms with van der Waals surface area (Å²) in [5.41, 5.74) is 2.58. The maximum atomic E-state index is 9.87. The Balaban J connectivity index is 3.11. The molecule has 0 saturated carbocycles. The van der Waals surface area contributed by atoms with E-state index in [0.29, 0.717) is 18.8 Å². The highest BCUT2D eigenvalue weighted by molar-refractivity contribution is 5.51. The summed E-state index contributed by atoms with van der Waals surface area (Å²) in [5, 5.41) is 9.87. The molecule has 15 heavy (non-hydrogen) atoms. The predicted molar refractivity (Wildman–Crippen MR) is 58.0 cm³/mol. The molecule has 0 aliphatic heterocycles. The van der Waals surface area contributed by atoms with E-state index in [0.717, 1.165) is 22.4 Å². The summed E-state index contributed by atoms with van der Waals surface area (Å²) in [7, 11) is 1.61. The Morgan fingerprint density at radius 3 is 2.53 bits per heavy atom. The van der Waals surface area contributed by atoms with Gasteiger partial charge < -0.3 is 14.7 Å². The summed E-state index contributed by atoms with van der Waals surface area (Å²) in [4.78, 5) is 4.49. The monoisotopic (exact) mass is 211 g/mol. The minimum Gasteiger partial charge on any atom is -0.507 e. The maximum absolute atomic E-state index is 9.87. The topological polar surface area (TPSA) is 64.7 Å². The van der Waals surface area contributed by atoms with Gasteiger partial charge in [0.2, 0.25) is 0 Å². The number of benzene rings is 1. The highest BCUT2D eigenvalue weighted by Crippen LogP contribution is 2.32. The van der Waals surface area contributed by atoms with Crippen LogP contribution in [0.2, 0.25) is 0 Å². The van der Waals surface area contributed by atoms with Crippen molar-refractivity contribution in [2.45, 2.75) is 20.3 Å². The van der Waals surface area contributed by atoms with Gasteiger partial charge in [0, 0.05) is 12.0 Å². The zero-order valence-corrected chi connectivity index (χ0v) is 9.33. The Labute approximate surface area is 89.6 Å². The Hall–Kier alpha value is -1.26. The van der Waals surface area contributed by atoms with E-state index >= 15 is 0 Å². The van der Waals surface area contributed by atoms with Gasteiger partial charge in [0.25, 0.3) is 0 Å². The van der Waals surface area contributed by atoms with Crippen molar-refractivity contribution in [1.82, 2.24) is 0 Å². The molecule has 0 spiro atoms. The lowest BCUT2D eigenvalue weighted by Crippen LogP contribution is -2.05. The van der Waals surface area contributed by atoms with Crippen LogP contribution in [0.25, 0.3) is 0 Å². The van der Waals surface area contributed by atoms with Gasteiger partial charge in [0.1, 0.15) is 11.5 Å². The quantitative estimate of drug-likeness (QED) is 0.740. The van der Waals surface area contributed by atoms with E-state index in [9.17, 15) is 5.11 Å². The van der Waals surface area contributed by atoms with Gasteiger partial charge in [-0.15, -0.1) is 0 Å². The smallest absolute Gasteiger partial charge is 0.122 e. The Morgan fingerprint density at radius 2 is 2.00 bits per heavy atom. The van der Waals surface area contributed by atoms with Gasteiger partial charge in [-0.25, -0.2) is 5.90 Å². The molecule has 0 bridgehead atoms. The first-order valence-corrected chi connectivity index (χ1v) is 4.79. The molecule has 4 heteroatoms. The minimum atomic E-state index is 0.297. The molecule has 0 saturated heterocycles. The lowest BCUT2D eigenvalue weighted by molar-refractivity contribution is 0.140. The second kappa shape index (κ2) is 5.00. The van der Waals surface area contributed by atoms with Crippen LogP contribution in [0.3, 0.4) is 0 Å². The summed E-state index contributed by atoms with van der Waals surface area (Å²) in [6.45, 7) is 4.15. The van der Waals surface area contributed by atoms with Gasteiger partial charge in [-0.3, -0.25) is 0 Å². The maximum Gasteiger partial charge on any atom is 0.122 e. The third kappa shape index (κ3) is 2.40. The fourth-order valence-corrected chi connectivity index (χ4v) is 1.51. The first kappa shape index (κ1) is 11.8. The normalized spacial score (nSPS) is 10.4. The van der Waals surface area contributed by atoms with Crippen LogP contribution in [0.5, 0.6) is 11.5 Å². The van der Waals surface area contributed by atoms with E-state index in [2.05, 4.69) is 4.84 Å². The molecule has 3 N–H and O–H groups in total. The van der Waals surface area contributed by atoms with E-state index in [-0.39, 0.29) is 0 Å². The molecule has 0 amide bonds. The van der Waals surface area contributed by atoms with Crippen LogP contribution in [0.1, 0.15) is 16.7 Å². The number of aromatic hydroxyl groups is 1. The minimum absolute atomic E-state index is 0.297. The second-order valence-electron chi connectivity index (χ2n) is 3.46. The van der Waals surface area contributed by atoms with Gasteiger partial charge >= 0.3 is 0 Å². The highest BCUT2D eigenvalue weighted by atomic mass is 16.6. The van der Waals surface area contributed by atoms with Crippen molar-refractivity contribution in [2.24, 2.45) is 5.90 Å². The molecular formula is C11H17NO3. The zero-order valence-electron chi connectivity index (χ0n) is 9.33. The number of rotatable bonds is 4. The van der Waals surface area contributed by atoms with Crippen molar-refractivity contribution in [3.8, 4) is 11.5 Å². The molecule has 0 aliphatic carbocycles. The standard InChI is InChI=1S/C11H17NO3/c1-7-8(2)11(13)9(4-5-15-12)6-10(7)14-3/h6,13H,4-5,12H2,1-3H3. The molecule has 84 valence electrons. The van der Waals surface area contributed by atoms with Crippen molar-refractivity contribution < 1.29 is 14.7 Å². The molecule has 4 nitrogen and oxygen atoms in total. The van der Waals surface area contributed by atoms with Crippen LogP contribution in [-0.2, 0) is 11.3 Å². The van der Waals surface area contributed by atoms with E-state index < -0.39 is 0 Å². The van der Waals surface area contributed by atoms with Crippen molar-refractivity contribution >= 4 is 0 Å². The number of hydrogen-bond acceptors (Lipinski definition) is 4. The number of ether oxygens (including phenoxy) is 1. The lowest BCUT2D eigenvalue weighted by Gasteiger charge is -2.13. The fraction of sp³-hybridized carbons (Fsp3) is 0.455. The van der Waals surface area contributed by atoms with Crippen LogP contribution in [-0.4, -0.2) is 18.8 Å². The predicted octanol–water partition coefficient (Wildman–Crippen LogP) is 1.45. The second-order valence-corrected chi connectivity index (χ2v) is 3.46. The third-order valence-electron chi connectivity index (χ3n) is 2.61.